The molecule has 0 aromatic carbocycles. The predicted octanol–water partition coefficient (Wildman–Crippen LogP) is 1.57. The van der Waals surface area contributed by atoms with Crippen molar-refractivity contribution in [2.45, 2.75) is 18.9 Å². The molecule has 0 aliphatic heterocycles. The van der Waals surface area contributed by atoms with E-state index in [0.29, 0.717) is 18.2 Å². The first-order valence-electron chi connectivity index (χ1n) is 5.95. The van der Waals surface area contributed by atoms with Crippen LogP contribution in [0.2, 0.25) is 0 Å². The molecule has 0 unspecified atom stereocenters. The summed E-state index contributed by atoms with van der Waals surface area (Å²) in [7, 11) is 1.67. The van der Waals surface area contributed by atoms with Crippen LogP contribution in [0.3, 0.4) is 0 Å². The molecular formula is C12H15BrN2O4. The Morgan fingerprint density at radius 1 is 1.63 bits per heavy atom. The van der Waals surface area contributed by atoms with Crippen molar-refractivity contribution in [2.24, 2.45) is 13.0 Å². The predicted molar refractivity (Wildman–Crippen MR) is 72.6 cm³/mol. The van der Waals surface area contributed by atoms with E-state index < -0.39 is 6.09 Å². The van der Waals surface area contributed by atoms with Crippen LogP contribution in [0.1, 0.15) is 12.8 Å². The van der Waals surface area contributed by atoms with Crippen LogP contribution < -0.4 is 15.6 Å². The van der Waals surface area contributed by atoms with E-state index >= 15 is 0 Å². The lowest BCUT2D eigenvalue weighted by Crippen LogP contribution is -2.40. The number of carbonyl (C=O) groups is 1. The van der Waals surface area contributed by atoms with E-state index in [-0.39, 0.29) is 11.7 Å². The van der Waals surface area contributed by atoms with Gasteiger partial charge in [0.1, 0.15) is 5.75 Å². The Hall–Kier alpha value is -1.50. The summed E-state index contributed by atoms with van der Waals surface area (Å²) in [5.41, 5.74) is -0.124. The van der Waals surface area contributed by atoms with Gasteiger partial charge in [0.15, 0.2) is 0 Å². The summed E-state index contributed by atoms with van der Waals surface area (Å²) in [4.78, 5) is 21.9. The number of ether oxygens (including phenoxy) is 1. The molecule has 1 aliphatic rings. The van der Waals surface area contributed by atoms with E-state index in [0.717, 1.165) is 17.3 Å². The van der Waals surface area contributed by atoms with Gasteiger partial charge in [-0.05, 0) is 34.7 Å². The molecule has 6 nitrogen and oxygen atoms in total. The highest BCUT2D eigenvalue weighted by Gasteiger charge is 2.31. The van der Waals surface area contributed by atoms with Crippen LogP contribution >= 0.6 is 15.9 Å². The molecule has 2 rings (SSSR count). The molecule has 1 aromatic rings. The van der Waals surface area contributed by atoms with Gasteiger partial charge in [0.05, 0.1) is 10.6 Å². The number of rotatable bonds is 4. The minimum Gasteiger partial charge on any atom is -0.489 e. The summed E-state index contributed by atoms with van der Waals surface area (Å²) in [6, 6.07) is 1.45. The first kappa shape index (κ1) is 13.9. The smallest absolute Gasteiger partial charge is 0.404 e. The van der Waals surface area contributed by atoms with Crippen molar-refractivity contribution in [1.82, 2.24) is 9.88 Å². The molecule has 7 heteroatoms. The monoisotopic (exact) mass is 330 g/mol. The second-order valence-electron chi connectivity index (χ2n) is 4.70. The summed E-state index contributed by atoms with van der Waals surface area (Å²) in [6.45, 7) is 0.451. The number of carboxylic acid groups (broad SMARTS) is 1. The molecule has 0 radical (unpaired) electrons. The second kappa shape index (κ2) is 5.64. The van der Waals surface area contributed by atoms with Crippen molar-refractivity contribution in [3.8, 4) is 5.75 Å². The minimum atomic E-state index is -1.00. The fourth-order valence-electron chi connectivity index (χ4n) is 2.02. The lowest BCUT2D eigenvalue weighted by molar-refractivity contribution is 0.0636. The molecule has 0 spiro atoms. The Morgan fingerprint density at radius 2 is 2.32 bits per heavy atom. The van der Waals surface area contributed by atoms with E-state index in [4.69, 9.17) is 9.84 Å². The number of pyridine rings is 1. The SMILES string of the molecule is Cn1cc(Br)c(OC2CC(CNC(=O)O)C2)cc1=O. The third kappa shape index (κ3) is 3.50. The molecule has 1 saturated carbocycles. The molecule has 1 amide bonds. The summed E-state index contributed by atoms with van der Waals surface area (Å²) in [6.07, 6.45) is 2.30. The molecule has 0 bridgehead atoms. The fraction of sp³-hybridized carbons (Fsp3) is 0.500. The van der Waals surface area contributed by atoms with Gasteiger partial charge in [-0.1, -0.05) is 0 Å². The Morgan fingerprint density at radius 3 is 2.95 bits per heavy atom. The highest BCUT2D eigenvalue weighted by molar-refractivity contribution is 9.10. The van der Waals surface area contributed by atoms with Crippen LogP contribution in [0.4, 0.5) is 4.79 Å². The first-order chi connectivity index (χ1) is 8.95. The van der Waals surface area contributed by atoms with Gasteiger partial charge in [0, 0.05) is 25.9 Å². The fourth-order valence-corrected chi connectivity index (χ4v) is 2.53. The number of amides is 1. The van der Waals surface area contributed by atoms with Crippen LogP contribution in [0, 0.1) is 5.92 Å². The maximum atomic E-state index is 11.5. The van der Waals surface area contributed by atoms with Gasteiger partial charge in [-0.25, -0.2) is 4.79 Å². The van der Waals surface area contributed by atoms with Gasteiger partial charge in [0.2, 0.25) is 0 Å². The van der Waals surface area contributed by atoms with E-state index in [2.05, 4.69) is 21.2 Å². The van der Waals surface area contributed by atoms with Gasteiger partial charge in [0.25, 0.3) is 5.56 Å². The van der Waals surface area contributed by atoms with Gasteiger partial charge >= 0.3 is 6.09 Å². The zero-order valence-corrected chi connectivity index (χ0v) is 12.0. The number of aryl methyl sites for hydroxylation is 1. The van der Waals surface area contributed by atoms with Crippen LogP contribution in [0.25, 0.3) is 0 Å². The number of aromatic nitrogens is 1. The van der Waals surface area contributed by atoms with Crippen LogP contribution in [-0.2, 0) is 7.05 Å². The maximum absolute atomic E-state index is 11.5. The second-order valence-corrected chi connectivity index (χ2v) is 5.55. The molecular weight excluding hydrogens is 316 g/mol. The van der Waals surface area contributed by atoms with Crippen molar-refractivity contribution in [2.75, 3.05) is 6.54 Å². The highest BCUT2D eigenvalue weighted by atomic mass is 79.9. The normalized spacial score (nSPS) is 21.6. The number of halogens is 1. The maximum Gasteiger partial charge on any atom is 0.404 e. The summed E-state index contributed by atoms with van der Waals surface area (Å²) in [5.74, 6) is 0.851. The van der Waals surface area contributed by atoms with E-state index in [1.807, 2.05) is 0 Å². The largest absolute Gasteiger partial charge is 0.489 e. The lowest BCUT2D eigenvalue weighted by atomic mass is 9.82. The summed E-state index contributed by atoms with van der Waals surface area (Å²) >= 11 is 3.35. The lowest BCUT2D eigenvalue weighted by Gasteiger charge is -2.35. The van der Waals surface area contributed by atoms with Gasteiger partial charge in [-0.15, -0.1) is 0 Å². The molecule has 0 saturated heterocycles. The molecule has 1 heterocycles. The zero-order chi connectivity index (χ0) is 14.0. The van der Waals surface area contributed by atoms with Gasteiger partial charge in [-0.3, -0.25) is 4.79 Å². The van der Waals surface area contributed by atoms with Crippen LogP contribution in [0.15, 0.2) is 21.5 Å². The third-order valence-corrected chi connectivity index (χ3v) is 3.77. The summed E-state index contributed by atoms with van der Waals surface area (Å²) < 4.78 is 7.93. The van der Waals surface area contributed by atoms with Crippen LogP contribution in [0.5, 0.6) is 5.75 Å². The Labute approximate surface area is 118 Å². The Bertz CT molecular complexity index is 537. The first-order valence-corrected chi connectivity index (χ1v) is 6.74. The van der Waals surface area contributed by atoms with Crippen molar-refractivity contribution in [3.05, 3.63) is 27.1 Å². The van der Waals surface area contributed by atoms with E-state index in [1.54, 1.807) is 13.2 Å². The Kier molecular flexibility index (Phi) is 4.14. The summed E-state index contributed by atoms with van der Waals surface area (Å²) in [5, 5.41) is 10.8. The van der Waals surface area contributed by atoms with Crippen molar-refractivity contribution >= 4 is 22.0 Å². The van der Waals surface area contributed by atoms with E-state index in [9.17, 15) is 9.59 Å². The average molecular weight is 331 g/mol. The Balaban J connectivity index is 1.86. The number of nitrogens with one attached hydrogen (secondary N) is 1. The van der Waals surface area contributed by atoms with Crippen LogP contribution in [-0.4, -0.2) is 28.4 Å². The zero-order valence-electron chi connectivity index (χ0n) is 10.4. The van der Waals surface area contributed by atoms with E-state index in [1.165, 1.54) is 10.6 Å². The topological polar surface area (TPSA) is 80.6 Å². The highest BCUT2D eigenvalue weighted by Crippen LogP contribution is 2.33. The minimum absolute atomic E-state index is 0.0454. The van der Waals surface area contributed by atoms with Gasteiger partial charge in [-0.2, -0.15) is 0 Å². The standard InChI is InChI=1S/C12H15BrN2O4/c1-15-6-9(13)10(4-11(15)16)19-8-2-7(3-8)5-14-12(17)18/h4,6-8,14H,2-3,5H2,1H3,(H,17,18). The molecule has 104 valence electrons. The quantitative estimate of drug-likeness (QED) is 0.878. The molecule has 1 fully saturated rings. The number of nitrogens with zero attached hydrogens (tertiary/aromatic N) is 1. The number of hydrogen-bond acceptors (Lipinski definition) is 3. The molecule has 0 atom stereocenters. The van der Waals surface area contributed by atoms with Crippen molar-refractivity contribution < 1.29 is 14.6 Å². The van der Waals surface area contributed by atoms with Crippen molar-refractivity contribution in [1.29, 1.82) is 0 Å². The average Bonchev–Trinajstić information content (AvgIpc) is 2.27. The molecule has 2 N–H and O–H groups in total. The third-order valence-electron chi connectivity index (χ3n) is 3.17. The molecule has 1 aliphatic carbocycles. The number of hydrogen-bond donors (Lipinski definition) is 2. The molecule has 19 heavy (non-hydrogen) atoms. The van der Waals surface area contributed by atoms with Gasteiger partial charge < -0.3 is 19.7 Å². The molecule has 1 aromatic heterocycles. The van der Waals surface area contributed by atoms with Crippen molar-refractivity contribution in [3.63, 3.8) is 0 Å².